The van der Waals surface area contributed by atoms with Crippen LogP contribution in [-0.2, 0) is 6.42 Å². The number of thiophene rings is 1. The minimum atomic E-state index is 0.288. The van der Waals surface area contributed by atoms with E-state index in [0.717, 1.165) is 12.0 Å². The molecule has 4 heteroatoms. The van der Waals surface area contributed by atoms with E-state index in [2.05, 4.69) is 27.8 Å². The molecule has 2 heterocycles. The second-order valence-corrected chi connectivity index (χ2v) is 5.85. The van der Waals surface area contributed by atoms with Gasteiger partial charge in [0.1, 0.15) is 11.9 Å². The maximum Gasteiger partial charge on any atom is 0.144 e. The van der Waals surface area contributed by atoms with Gasteiger partial charge in [0, 0.05) is 11.1 Å². The Balaban J connectivity index is 1.92. The van der Waals surface area contributed by atoms with E-state index < -0.39 is 0 Å². The molecule has 1 unspecified atom stereocenters. The highest BCUT2D eigenvalue weighted by Gasteiger charge is 2.22. The lowest BCUT2D eigenvalue weighted by atomic mass is 9.94. The van der Waals surface area contributed by atoms with Crippen molar-refractivity contribution in [2.24, 2.45) is 0 Å². The molecule has 0 aliphatic heterocycles. The van der Waals surface area contributed by atoms with Crippen molar-refractivity contribution in [2.75, 3.05) is 5.32 Å². The maximum atomic E-state index is 9.26. The molecule has 19 heavy (non-hydrogen) atoms. The highest BCUT2D eigenvalue weighted by molar-refractivity contribution is 7.10. The standard InChI is InChI=1S/C15H15N3S/c1-10-5-7-17-15(12(10)9-16)18-13-3-2-4-14-11(13)6-8-19-14/h5-8,13H,2-4H2,1H3,(H,17,18). The summed E-state index contributed by atoms with van der Waals surface area (Å²) in [5.41, 5.74) is 3.01. The molecule has 1 N–H and O–H groups in total. The third-order valence-electron chi connectivity index (χ3n) is 3.63. The van der Waals surface area contributed by atoms with E-state index in [9.17, 15) is 5.26 Å². The van der Waals surface area contributed by atoms with Crippen molar-refractivity contribution >= 4 is 17.2 Å². The number of nitriles is 1. The highest BCUT2D eigenvalue weighted by atomic mass is 32.1. The second kappa shape index (κ2) is 5.02. The van der Waals surface area contributed by atoms with E-state index in [0.29, 0.717) is 11.4 Å². The van der Waals surface area contributed by atoms with Crippen LogP contribution >= 0.6 is 11.3 Å². The van der Waals surface area contributed by atoms with Crippen LogP contribution in [0.15, 0.2) is 23.7 Å². The molecule has 2 aromatic heterocycles. The van der Waals surface area contributed by atoms with Crippen LogP contribution in [0.2, 0.25) is 0 Å². The van der Waals surface area contributed by atoms with Crippen LogP contribution in [0, 0.1) is 18.3 Å². The summed E-state index contributed by atoms with van der Waals surface area (Å²) in [7, 11) is 0. The molecule has 0 bridgehead atoms. The van der Waals surface area contributed by atoms with Crippen LogP contribution in [0.25, 0.3) is 0 Å². The van der Waals surface area contributed by atoms with Gasteiger partial charge in [0.25, 0.3) is 0 Å². The lowest BCUT2D eigenvalue weighted by Gasteiger charge is -2.24. The first-order valence-electron chi connectivity index (χ1n) is 6.48. The van der Waals surface area contributed by atoms with Gasteiger partial charge in [-0.15, -0.1) is 11.3 Å². The number of hydrogen-bond acceptors (Lipinski definition) is 4. The van der Waals surface area contributed by atoms with Crippen LogP contribution < -0.4 is 5.32 Å². The van der Waals surface area contributed by atoms with Crippen molar-refractivity contribution in [1.29, 1.82) is 5.26 Å². The number of aryl methyl sites for hydroxylation is 2. The van der Waals surface area contributed by atoms with E-state index in [1.807, 2.05) is 24.3 Å². The number of aromatic nitrogens is 1. The normalized spacial score (nSPS) is 17.6. The zero-order chi connectivity index (χ0) is 13.2. The van der Waals surface area contributed by atoms with Gasteiger partial charge in [-0.05, 0) is 54.8 Å². The number of rotatable bonds is 2. The Morgan fingerprint density at radius 2 is 2.37 bits per heavy atom. The Morgan fingerprint density at radius 3 is 3.21 bits per heavy atom. The van der Waals surface area contributed by atoms with Gasteiger partial charge in [-0.25, -0.2) is 4.98 Å². The molecule has 0 fully saturated rings. The van der Waals surface area contributed by atoms with Crippen molar-refractivity contribution < 1.29 is 0 Å². The monoisotopic (exact) mass is 269 g/mol. The van der Waals surface area contributed by atoms with Gasteiger partial charge < -0.3 is 5.32 Å². The predicted molar refractivity (Wildman–Crippen MR) is 77.3 cm³/mol. The van der Waals surface area contributed by atoms with Gasteiger partial charge in [-0.2, -0.15) is 5.26 Å². The van der Waals surface area contributed by atoms with Gasteiger partial charge in [-0.3, -0.25) is 0 Å². The van der Waals surface area contributed by atoms with E-state index >= 15 is 0 Å². The SMILES string of the molecule is Cc1ccnc(NC2CCCc3sccc32)c1C#N. The summed E-state index contributed by atoms with van der Waals surface area (Å²) in [5.74, 6) is 0.714. The minimum absolute atomic E-state index is 0.288. The lowest BCUT2D eigenvalue weighted by molar-refractivity contribution is 0.607. The zero-order valence-corrected chi connectivity index (χ0v) is 11.6. The molecule has 0 radical (unpaired) electrons. The molecule has 0 amide bonds. The molecule has 3 nitrogen and oxygen atoms in total. The quantitative estimate of drug-likeness (QED) is 0.901. The van der Waals surface area contributed by atoms with Crippen LogP contribution in [-0.4, -0.2) is 4.98 Å². The Labute approximate surface area is 116 Å². The Hall–Kier alpha value is -1.86. The van der Waals surface area contributed by atoms with Crippen molar-refractivity contribution in [2.45, 2.75) is 32.2 Å². The third-order valence-corrected chi connectivity index (χ3v) is 4.63. The third kappa shape index (κ3) is 2.22. The number of hydrogen-bond donors (Lipinski definition) is 1. The first-order valence-corrected chi connectivity index (χ1v) is 7.36. The molecule has 2 aromatic rings. The van der Waals surface area contributed by atoms with Gasteiger partial charge in [0.15, 0.2) is 0 Å². The summed E-state index contributed by atoms with van der Waals surface area (Å²) in [4.78, 5) is 5.80. The molecule has 0 saturated heterocycles. The molecule has 0 aromatic carbocycles. The molecular formula is C15H15N3S. The van der Waals surface area contributed by atoms with Crippen LogP contribution in [0.1, 0.15) is 40.5 Å². The molecule has 1 atom stereocenters. The van der Waals surface area contributed by atoms with Crippen molar-refractivity contribution in [3.63, 3.8) is 0 Å². The maximum absolute atomic E-state index is 9.26. The van der Waals surface area contributed by atoms with Gasteiger partial charge in [0.2, 0.25) is 0 Å². The van der Waals surface area contributed by atoms with Gasteiger partial charge in [-0.1, -0.05) is 0 Å². The van der Waals surface area contributed by atoms with E-state index in [1.165, 1.54) is 23.3 Å². The molecule has 1 aliphatic rings. The van der Waals surface area contributed by atoms with Crippen molar-refractivity contribution in [1.82, 2.24) is 4.98 Å². The van der Waals surface area contributed by atoms with Crippen LogP contribution in [0.3, 0.4) is 0 Å². The largest absolute Gasteiger partial charge is 0.362 e. The van der Waals surface area contributed by atoms with Crippen molar-refractivity contribution in [3.05, 3.63) is 45.3 Å². The number of pyridine rings is 1. The fourth-order valence-corrected chi connectivity index (χ4v) is 3.60. The van der Waals surface area contributed by atoms with Crippen molar-refractivity contribution in [3.8, 4) is 6.07 Å². The summed E-state index contributed by atoms with van der Waals surface area (Å²) in [6.45, 7) is 1.95. The summed E-state index contributed by atoms with van der Waals surface area (Å²) >= 11 is 1.83. The average Bonchev–Trinajstić information content (AvgIpc) is 2.88. The summed E-state index contributed by atoms with van der Waals surface area (Å²) < 4.78 is 0. The summed E-state index contributed by atoms with van der Waals surface area (Å²) in [6, 6.07) is 6.61. The summed E-state index contributed by atoms with van der Waals surface area (Å²) in [5, 5.41) is 14.9. The number of nitrogens with zero attached hydrogens (tertiary/aromatic N) is 2. The Bertz CT molecular complexity index is 639. The van der Waals surface area contributed by atoms with E-state index in [-0.39, 0.29) is 6.04 Å². The zero-order valence-electron chi connectivity index (χ0n) is 10.8. The predicted octanol–water partition coefficient (Wildman–Crippen LogP) is 3.81. The number of anilines is 1. The van der Waals surface area contributed by atoms with Crippen LogP contribution in [0.5, 0.6) is 0 Å². The fraction of sp³-hybridized carbons (Fsp3) is 0.333. The summed E-state index contributed by atoms with van der Waals surface area (Å²) in [6.07, 6.45) is 5.23. The molecule has 96 valence electrons. The first-order chi connectivity index (χ1) is 9.29. The molecule has 3 rings (SSSR count). The Kier molecular flexibility index (Phi) is 3.22. The van der Waals surface area contributed by atoms with E-state index in [1.54, 1.807) is 6.20 Å². The lowest BCUT2D eigenvalue weighted by Crippen LogP contribution is -2.17. The topological polar surface area (TPSA) is 48.7 Å². The average molecular weight is 269 g/mol. The van der Waals surface area contributed by atoms with Gasteiger partial charge in [0.05, 0.1) is 11.6 Å². The minimum Gasteiger partial charge on any atom is -0.362 e. The van der Waals surface area contributed by atoms with Gasteiger partial charge >= 0.3 is 0 Å². The first kappa shape index (κ1) is 12.2. The van der Waals surface area contributed by atoms with Crippen LogP contribution in [0.4, 0.5) is 5.82 Å². The molecule has 1 aliphatic carbocycles. The Morgan fingerprint density at radius 1 is 1.47 bits per heavy atom. The number of fused-ring (bicyclic) bond motifs is 1. The smallest absolute Gasteiger partial charge is 0.144 e. The number of nitrogens with one attached hydrogen (secondary N) is 1. The van der Waals surface area contributed by atoms with E-state index in [4.69, 9.17) is 0 Å². The molecular weight excluding hydrogens is 254 g/mol. The molecule has 0 spiro atoms. The molecule has 0 saturated carbocycles. The highest BCUT2D eigenvalue weighted by Crippen LogP contribution is 2.35. The second-order valence-electron chi connectivity index (χ2n) is 4.85. The fourth-order valence-electron chi connectivity index (χ4n) is 2.61.